The number of rotatable bonds is 5. The van der Waals surface area contributed by atoms with Crippen LogP contribution >= 0.6 is 15.9 Å². The fraction of sp³-hybridized carbons (Fsp3) is 0.417. The Morgan fingerprint density at radius 3 is 2.76 bits per heavy atom. The molecule has 0 heterocycles. The maximum Gasteiger partial charge on any atom is 0.336 e. The highest BCUT2D eigenvalue weighted by molar-refractivity contribution is 9.10. The number of carbonyl (C=O) groups is 1. The van der Waals surface area contributed by atoms with Gasteiger partial charge in [-0.05, 0) is 46.5 Å². The van der Waals surface area contributed by atoms with Crippen molar-refractivity contribution in [3.63, 3.8) is 0 Å². The van der Waals surface area contributed by atoms with Crippen LogP contribution in [0.1, 0.15) is 29.6 Å². The average molecular weight is 317 g/mol. The van der Waals surface area contributed by atoms with Crippen LogP contribution in [0.15, 0.2) is 27.6 Å². The van der Waals surface area contributed by atoms with Gasteiger partial charge in [0.2, 0.25) is 0 Å². The molecule has 1 aliphatic carbocycles. The van der Waals surface area contributed by atoms with Crippen molar-refractivity contribution in [2.45, 2.75) is 24.2 Å². The summed E-state index contributed by atoms with van der Waals surface area (Å²) in [5.41, 5.74) is 0.169. The van der Waals surface area contributed by atoms with Crippen molar-refractivity contribution in [1.82, 2.24) is 0 Å². The summed E-state index contributed by atoms with van der Waals surface area (Å²) >= 11 is 3.17. The van der Waals surface area contributed by atoms with Gasteiger partial charge in [0.15, 0.2) is 0 Å². The van der Waals surface area contributed by atoms with Gasteiger partial charge in [-0.2, -0.15) is 0 Å². The quantitative estimate of drug-likeness (QED) is 0.908. The maximum absolute atomic E-state index is 12.0. The van der Waals surface area contributed by atoms with Crippen molar-refractivity contribution >= 4 is 32.7 Å². The van der Waals surface area contributed by atoms with Crippen LogP contribution < -0.4 is 0 Å². The molecule has 0 aliphatic heterocycles. The second-order valence-corrected chi connectivity index (χ2v) is 6.65. The van der Waals surface area contributed by atoms with Crippen molar-refractivity contribution in [3.05, 3.63) is 28.2 Å². The van der Waals surface area contributed by atoms with Gasteiger partial charge >= 0.3 is 5.97 Å². The molecule has 1 saturated carbocycles. The van der Waals surface area contributed by atoms with Crippen LogP contribution in [-0.2, 0) is 10.8 Å². The van der Waals surface area contributed by atoms with E-state index in [0.717, 1.165) is 12.3 Å². The van der Waals surface area contributed by atoms with E-state index in [1.54, 1.807) is 12.1 Å². The summed E-state index contributed by atoms with van der Waals surface area (Å²) in [6, 6.07) is 4.86. The highest BCUT2D eigenvalue weighted by Gasteiger charge is 2.22. The third kappa shape index (κ3) is 3.39. The van der Waals surface area contributed by atoms with Crippen LogP contribution in [0.2, 0.25) is 0 Å². The lowest BCUT2D eigenvalue weighted by Crippen LogP contribution is -2.03. The molecule has 2 rings (SSSR count). The monoisotopic (exact) mass is 316 g/mol. The second kappa shape index (κ2) is 5.31. The van der Waals surface area contributed by atoms with E-state index in [0.29, 0.717) is 15.1 Å². The second-order valence-electron chi connectivity index (χ2n) is 4.23. The van der Waals surface area contributed by atoms with Crippen LogP contribution in [0, 0.1) is 5.92 Å². The largest absolute Gasteiger partial charge is 0.478 e. The molecule has 92 valence electrons. The van der Waals surface area contributed by atoms with Crippen molar-refractivity contribution in [1.29, 1.82) is 0 Å². The lowest BCUT2D eigenvalue weighted by molar-refractivity contribution is 0.0695. The summed E-state index contributed by atoms with van der Waals surface area (Å²) in [5.74, 6) is 0.372. The van der Waals surface area contributed by atoms with Gasteiger partial charge in [-0.1, -0.05) is 12.8 Å². The number of halogens is 1. The van der Waals surface area contributed by atoms with E-state index >= 15 is 0 Å². The highest BCUT2D eigenvalue weighted by Crippen LogP contribution is 2.33. The molecule has 3 nitrogen and oxygen atoms in total. The maximum atomic E-state index is 12.0. The van der Waals surface area contributed by atoms with E-state index in [4.69, 9.17) is 5.11 Å². The zero-order valence-electron chi connectivity index (χ0n) is 9.19. The molecule has 0 radical (unpaired) electrons. The van der Waals surface area contributed by atoms with Gasteiger partial charge in [-0.3, -0.25) is 4.21 Å². The zero-order valence-corrected chi connectivity index (χ0v) is 11.6. The summed E-state index contributed by atoms with van der Waals surface area (Å²) in [4.78, 5) is 11.5. The van der Waals surface area contributed by atoms with E-state index in [1.165, 1.54) is 18.9 Å². The van der Waals surface area contributed by atoms with Crippen molar-refractivity contribution in [2.75, 3.05) is 5.75 Å². The predicted octanol–water partition coefficient (Wildman–Crippen LogP) is 3.06. The standard InChI is InChI=1S/C12H13BrO3S/c13-11-4-3-9(7-10(11)12(14)15)17(16)6-5-8-1-2-8/h3-4,7-8H,1-2,5-6H2,(H,14,15). The van der Waals surface area contributed by atoms with Crippen molar-refractivity contribution in [2.24, 2.45) is 5.92 Å². The molecule has 0 saturated heterocycles. The Labute approximate surface area is 111 Å². The highest BCUT2D eigenvalue weighted by atomic mass is 79.9. The fourth-order valence-corrected chi connectivity index (χ4v) is 3.28. The van der Waals surface area contributed by atoms with Gasteiger partial charge in [-0.25, -0.2) is 4.79 Å². The van der Waals surface area contributed by atoms with Crippen molar-refractivity contribution < 1.29 is 14.1 Å². The van der Waals surface area contributed by atoms with E-state index in [9.17, 15) is 9.00 Å². The van der Waals surface area contributed by atoms with Gasteiger partial charge in [0.1, 0.15) is 0 Å². The smallest absolute Gasteiger partial charge is 0.336 e. The Hall–Kier alpha value is -0.680. The molecule has 17 heavy (non-hydrogen) atoms. The Morgan fingerprint density at radius 1 is 1.47 bits per heavy atom. The number of aromatic carboxylic acids is 1. The van der Waals surface area contributed by atoms with Gasteiger partial charge in [-0.15, -0.1) is 0 Å². The lowest BCUT2D eigenvalue weighted by Gasteiger charge is -2.04. The first kappa shape index (κ1) is 12.8. The summed E-state index contributed by atoms with van der Waals surface area (Å²) < 4.78 is 12.5. The Bertz CT molecular complexity index is 469. The molecule has 0 bridgehead atoms. The molecule has 1 aliphatic rings. The van der Waals surface area contributed by atoms with Crippen LogP contribution in [0.3, 0.4) is 0 Å². The third-order valence-electron chi connectivity index (χ3n) is 2.84. The van der Waals surface area contributed by atoms with Crippen LogP contribution in [-0.4, -0.2) is 21.0 Å². The molecule has 1 unspecified atom stereocenters. The van der Waals surface area contributed by atoms with Crippen LogP contribution in [0.25, 0.3) is 0 Å². The first-order valence-corrected chi connectivity index (χ1v) is 7.60. The van der Waals surface area contributed by atoms with Crippen molar-refractivity contribution in [3.8, 4) is 0 Å². The SMILES string of the molecule is O=C(O)c1cc(S(=O)CCC2CC2)ccc1Br. The van der Waals surface area contributed by atoms with E-state index < -0.39 is 16.8 Å². The number of hydrogen-bond donors (Lipinski definition) is 1. The van der Waals surface area contributed by atoms with Crippen LogP contribution in [0.5, 0.6) is 0 Å². The molecule has 1 aromatic rings. The number of hydrogen-bond acceptors (Lipinski definition) is 2. The Morgan fingerprint density at radius 2 is 2.18 bits per heavy atom. The minimum atomic E-state index is -1.08. The first-order valence-electron chi connectivity index (χ1n) is 5.49. The summed E-state index contributed by atoms with van der Waals surface area (Å²) in [6.45, 7) is 0. The number of carboxylic acids is 1. The molecule has 5 heteroatoms. The number of carboxylic acid groups (broad SMARTS) is 1. The van der Waals surface area contributed by atoms with Gasteiger partial charge in [0.05, 0.1) is 16.4 Å². The predicted molar refractivity (Wildman–Crippen MR) is 69.7 cm³/mol. The fourth-order valence-electron chi connectivity index (χ4n) is 1.61. The summed E-state index contributed by atoms with van der Waals surface area (Å²) in [6.07, 6.45) is 3.47. The zero-order chi connectivity index (χ0) is 12.4. The summed E-state index contributed by atoms with van der Waals surface area (Å²) in [5, 5.41) is 8.97. The normalized spacial score (nSPS) is 16.8. The molecule has 1 N–H and O–H groups in total. The first-order chi connectivity index (χ1) is 8.08. The number of benzene rings is 1. The Balaban J connectivity index is 2.11. The Kier molecular flexibility index (Phi) is 3.99. The van der Waals surface area contributed by atoms with E-state index in [2.05, 4.69) is 15.9 Å². The van der Waals surface area contributed by atoms with Gasteiger partial charge in [0.25, 0.3) is 0 Å². The topological polar surface area (TPSA) is 54.4 Å². The van der Waals surface area contributed by atoms with E-state index in [-0.39, 0.29) is 5.56 Å². The molecule has 0 amide bonds. The molecule has 1 atom stereocenters. The van der Waals surface area contributed by atoms with Crippen LogP contribution in [0.4, 0.5) is 0 Å². The van der Waals surface area contributed by atoms with E-state index in [1.807, 2.05) is 0 Å². The van der Waals surface area contributed by atoms with Gasteiger partial charge < -0.3 is 5.11 Å². The van der Waals surface area contributed by atoms with Gasteiger partial charge in [0, 0.05) is 15.1 Å². The molecule has 0 aromatic heterocycles. The lowest BCUT2D eigenvalue weighted by atomic mass is 10.2. The molecule has 1 fully saturated rings. The summed E-state index contributed by atoms with van der Waals surface area (Å²) in [7, 11) is -1.08. The molecular weight excluding hydrogens is 304 g/mol. The molecule has 0 spiro atoms. The minimum absolute atomic E-state index is 0.169. The average Bonchev–Trinajstić information content (AvgIpc) is 3.10. The molecular formula is C12H13BrO3S. The third-order valence-corrected chi connectivity index (χ3v) is 4.92. The molecule has 1 aromatic carbocycles. The minimum Gasteiger partial charge on any atom is -0.478 e.